The fraction of sp³-hybridized carbons (Fsp3) is 0.143. The van der Waals surface area contributed by atoms with Crippen LogP contribution in [0, 0.1) is 19.7 Å². The van der Waals surface area contributed by atoms with Crippen molar-refractivity contribution in [2.75, 3.05) is 0 Å². The van der Waals surface area contributed by atoms with E-state index in [-0.39, 0.29) is 5.69 Å². The van der Waals surface area contributed by atoms with Crippen LogP contribution in [-0.4, -0.2) is 9.55 Å². The number of halogens is 1. The van der Waals surface area contributed by atoms with Gasteiger partial charge in [-0.05, 0) is 31.5 Å². The zero-order valence-electron chi connectivity index (χ0n) is 10.9. The van der Waals surface area contributed by atoms with Gasteiger partial charge in [-0.1, -0.05) is 12.1 Å². The van der Waals surface area contributed by atoms with Gasteiger partial charge in [-0.2, -0.15) is 0 Å². The SMILES string of the molecule is Cc1sc2[nH]c(=O)n(-c3ccccc3F)c(=O)c2c1C. The second kappa shape index (κ2) is 4.42. The lowest BCUT2D eigenvalue weighted by Crippen LogP contribution is -2.34. The Kier molecular flexibility index (Phi) is 2.83. The number of H-pyrrole nitrogens is 1. The van der Waals surface area contributed by atoms with Crippen LogP contribution in [0.3, 0.4) is 0 Å². The summed E-state index contributed by atoms with van der Waals surface area (Å²) in [5.41, 5.74) is -0.343. The van der Waals surface area contributed by atoms with Crippen molar-refractivity contribution in [1.82, 2.24) is 9.55 Å². The number of thiophene rings is 1. The summed E-state index contributed by atoms with van der Waals surface area (Å²) in [7, 11) is 0. The van der Waals surface area contributed by atoms with Crippen LogP contribution in [0.15, 0.2) is 33.9 Å². The van der Waals surface area contributed by atoms with Crippen LogP contribution in [0.25, 0.3) is 15.9 Å². The first kappa shape index (κ1) is 12.8. The number of aromatic amines is 1. The van der Waals surface area contributed by atoms with Gasteiger partial charge in [0.2, 0.25) is 0 Å². The molecule has 0 aliphatic heterocycles. The minimum atomic E-state index is -0.631. The Morgan fingerprint density at radius 2 is 1.90 bits per heavy atom. The molecule has 6 heteroatoms. The van der Waals surface area contributed by atoms with Gasteiger partial charge in [0, 0.05) is 4.88 Å². The molecule has 2 aromatic heterocycles. The first-order valence-electron chi connectivity index (χ1n) is 6.00. The van der Waals surface area contributed by atoms with Crippen molar-refractivity contribution in [1.29, 1.82) is 0 Å². The lowest BCUT2D eigenvalue weighted by Gasteiger charge is -2.05. The van der Waals surface area contributed by atoms with Crippen molar-refractivity contribution < 1.29 is 4.39 Å². The summed E-state index contributed by atoms with van der Waals surface area (Å²) < 4.78 is 14.7. The van der Waals surface area contributed by atoms with Gasteiger partial charge in [0.1, 0.15) is 10.6 Å². The molecule has 0 unspecified atom stereocenters. The van der Waals surface area contributed by atoms with E-state index in [1.807, 2.05) is 13.8 Å². The zero-order chi connectivity index (χ0) is 14.4. The predicted octanol–water partition coefficient (Wildman–Crippen LogP) is 2.50. The van der Waals surface area contributed by atoms with Crippen molar-refractivity contribution in [3.63, 3.8) is 0 Å². The van der Waals surface area contributed by atoms with Gasteiger partial charge in [-0.3, -0.25) is 9.78 Å². The molecule has 0 atom stereocenters. The third-order valence-electron chi connectivity index (χ3n) is 3.32. The van der Waals surface area contributed by atoms with E-state index < -0.39 is 17.1 Å². The second-order valence-corrected chi connectivity index (χ2v) is 5.73. The Labute approximate surface area is 117 Å². The monoisotopic (exact) mass is 290 g/mol. The number of aryl methyl sites for hydroxylation is 2. The molecule has 0 radical (unpaired) electrons. The van der Waals surface area contributed by atoms with Gasteiger partial charge < -0.3 is 0 Å². The highest BCUT2D eigenvalue weighted by atomic mass is 32.1. The number of nitrogens with zero attached hydrogens (tertiary/aromatic N) is 1. The summed E-state index contributed by atoms with van der Waals surface area (Å²) in [4.78, 5) is 28.7. The summed E-state index contributed by atoms with van der Waals surface area (Å²) in [5.74, 6) is -0.607. The minimum Gasteiger partial charge on any atom is -0.298 e. The molecule has 0 aliphatic carbocycles. The number of benzene rings is 1. The van der Waals surface area contributed by atoms with E-state index in [1.54, 1.807) is 6.07 Å². The normalized spacial score (nSPS) is 11.2. The molecule has 0 amide bonds. The van der Waals surface area contributed by atoms with Crippen molar-refractivity contribution in [3.8, 4) is 5.69 Å². The average Bonchev–Trinajstić information content (AvgIpc) is 2.67. The Bertz CT molecular complexity index is 936. The standard InChI is InChI=1S/C14H11FN2O2S/c1-7-8(2)20-12-11(7)13(18)17(14(19)16-12)10-6-4-3-5-9(10)15/h3-6H,1-2H3,(H,16,19). The maximum Gasteiger partial charge on any atom is 0.334 e. The number of fused-ring (bicyclic) bond motifs is 1. The first-order chi connectivity index (χ1) is 9.50. The fourth-order valence-corrected chi connectivity index (χ4v) is 3.22. The molecule has 0 bridgehead atoms. The lowest BCUT2D eigenvalue weighted by atomic mass is 10.2. The highest BCUT2D eigenvalue weighted by Gasteiger charge is 2.16. The van der Waals surface area contributed by atoms with E-state index >= 15 is 0 Å². The maximum absolute atomic E-state index is 13.8. The Hall–Kier alpha value is -2.21. The molecule has 0 saturated carbocycles. The van der Waals surface area contributed by atoms with Crippen LogP contribution >= 0.6 is 11.3 Å². The number of hydrogen-bond acceptors (Lipinski definition) is 3. The van der Waals surface area contributed by atoms with E-state index in [2.05, 4.69) is 4.98 Å². The van der Waals surface area contributed by atoms with E-state index in [0.717, 1.165) is 15.0 Å². The molecule has 4 nitrogen and oxygen atoms in total. The van der Waals surface area contributed by atoms with Crippen LogP contribution in [0.2, 0.25) is 0 Å². The average molecular weight is 290 g/mol. The molecule has 3 rings (SSSR count). The molecular formula is C14H11FN2O2S. The Morgan fingerprint density at radius 1 is 1.20 bits per heavy atom. The van der Waals surface area contributed by atoms with Gasteiger partial charge in [-0.25, -0.2) is 13.8 Å². The maximum atomic E-state index is 13.8. The van der Waals surface area contributed by atoms with Crippen molar-refractivity contribution in [2.45, 2.75) is 13.8 Å². The van der Waals surface area contributed by atoms with Crippen LogP contribution < -0.4 is 11.2 Å². The first-order valence-corrected chi connectivity index (χ1v) is 6.82. The summed E-state index contributed by atoms with van der Waals surface area (Å²) in [6, 6.07) is 5.72. The molecule has 20 heavy (non-hydrogen) atoms. The third kappa shape index (κ3) is 1.72. The number of nitrogens with one attached hydrogen (secondary N) is 1. The zero-order valence-corrected chi connectivity index (χ0v) is 11.7. The van der Waals surface area contributed by atoms with E-state index in [0.29, 0.717) is 10.2 Å². The largest absolute Gasteiger partial charge is 0.334 e. The third-order valence-corrected chi connectivity index (χ3v) is 4.44. The highest BCUT2D eigenvalue weighted by molar-refractivity contribution is 7.18. The summed E-state index contributed by atoms with van der Waals surface area (Å²) >= 11 is 1.35. The molecule has 0 fully saturated rings. The summed E-state index contributed by atoms with van der Waals surface area (Å²) in [6.07, 6.45) is 0. The van der Waals surface area contributed by atoms with Gasteiger partial charge in [-0.15, -0.1) is 11.3 Å². The van der Waals surface area contributed by atoms with Crippen LogP contribution in [-0.2, 0) is 0 Å². The van der Waals surface area contributed by atoms with Crippen LogP contribution in [0.5, 0.6) is 0 Å². The van der Waals surface area contributed by atoms with Gasteiger partial charge >= 0.3 is 5.69 Å². The molecule has 102 valence electrons. The lowest BCUT2D eigenvalue weighted by molar-refractivity contribution is 0.613. The number of hydrogen-bond donors (Lipinski definition) is 1. The van der Waals surface area contributed by atoms with E-state index in [4.69, 9.17) is 0 Å². The van der Waals surface area contributed by atoms with Gasteiger partial charge in [0.25, 0.3) is 5.56 Å². The summed E-state index contributed by atoms with van der Waals surface area (Å²) in [5, 5.41) is 0.440. The molecule has 2 heterocycles. The predicted molar refractivity (Wildman–Crippen MR) is 77.5 cm³/mol. The van der Waals surface area contributed by atoms with E-state index in [9.17, 15) is 14.0 Å². The Morgan fingerprint density at radius 3 is 2.60 bits per heavy atom. The Balaban J connectivity index is 2.50. The quantitative estimate of drug-likeness (QED) is 0.748. The number of para-hydroxylation sites is 1. The molecule has 0 aliphatic rings. The summed E-state index contributed by atoms with van der Waals surface area (Å²) in [6.45, 7) is 3.70. The molecule has 0 spiro atoms. The number of aromatic nitrogens is 2. The minimum absolute atomic E-state index is 0.0381. The van der Waals surface area contributed by atoms with Crippen LogP contribution in [0.4, 0.5) is 4.39 Å². The van der Waals surface area contributed by atoms with Crippen molar-refractivity contribution in [2.24, 2.45) is 0 Å². The van der Waals surface area contributed by atoms with Gasteiger partial charge in [0.05, 0.1) is 11.1 Å². The van der Waals surface area contributed by atoms with E-state index in [1.165, 1.54) is 29.5 Å². The second-order valence-electron chi connectivity index (χ2n) is 4.51. The van der Waals surface area contributed by atoms with Gasteiger partial charge in [0.15, 0.2) is 0 Å². The number of rotatable bonds is 1. The molecular weight excluding hydrogens is 279 g/mol. The van der Waals surface area contributed by atoms with Crippen LogP contribution in [0.1, 0.15) is 10.4 Å². The molecule has 3 aromatic rings. The molecule has 0 saturated heterocycles. The molecule has 1 aromatic carbocycles. The van der Waals surface area contributed by atoms with Crippen molar-refractivity contribution >= 4 is 21.6 Å². The smallest absolute Gasteiger partial charge is 0.298 e. The topological polar surface area (TPSA) is 54.9 Å². The highest BCUT2D eigenvalue weighted by Crippen LogP contribution is 2.25. The fourth-order valence-electron chi connectivity index (χ4n) is 2.18. The van der Waals surface area contributed by atoms with Crippen molar-refractivity contribution in [3.05, 3.63) is 61.4 Å². The molecule has 1 N–H and O–H groups in total.